The molecule has 1 heterocycles. The largest absolute Gasteiger partial charge is 0.342 e. The molecule has 1 aromatic rings. The molecule has 0 amide bonds. The standard InChI is InChI=1S/C17H29N3/c1-3-4-5-6-7-8-9-10-11-19-14-16-12-17(13-18)20(2)15-16/h12,15,19H,3-11,14H2,1-2H3. The number of aromatic nitrogens is 1. The quantitative estimate of drug-likeness (QED) is 0.617. The van der Waals surface area contributed by atoms with Crippen molar-refractivity contribution < 1.29 is 0 Å². The van der Waals surface area contributed by atoms with E-state index in [-0.39, 0.29) is 0 Å². The number of hydrogen-bond donors (Lipinski definition) is 1. The number of nitriles is 1. The average Bonchev–Trinajstić information content (AvgIpc) is 2.81. The molecule has 0 fully saturated rings. The number of rotatable bonds is 11. The Balaban J connectivity index is 1.95. The summed E-state index contributed by atoms with van der Waals surface area (Å²) >= 11 is 0. The minimum Gasteiger partial charge on any atom is -0.342 e. The van der Waals surface area contributed by atoms with Gasteiger partial charge in [-0.15, -0.1) is 0 Å². The van der Waals surface area contributed by atoms with E-state index in [0.29, 0.717) is 0 Å². The van der Waals surface area contributed by atoms with E-state index in [2.05, 4.69) is 18.3 Å². The van der Waals surface area contributed by atoms with Gasteiger partial charge in [0, 0.05) is 19.8 Å². The van der Waals surface area contributed by atoms with Gasteiger partial charge in [-0.25, -0.2) is 0 Å². The fourth-order valence-electron chi connectivity index (χ4n) is 2.46. The molecule has 0 spiro atoms. The number of nitrogens with zero attached hydrogens (tertiary/aromatic N) is 2. The third kappa shape index (κ3) is 6.77. The molecule has 0 bridgehead atoms. The molecule has 1 rings (SSSR count). The topological polar surface area (TPSA) is 40.8 Å². The molecule has 0 saturated heterocycles. The normalized spacial score (nSPS) is 10.7. The summed E-state index contributed by atoms with van der Waals surface area (Å²) in [7, 11) is 1.92. The highest BCUT2D eigenvalue weighted by Crippen LogP contribution is 2.08. The van der Waals surface area contributed by atoms with Gasteiger partial charge in [0.15, 0.2) is 0 Å². The van der Waals surface area contributed by atoms with Crippen molar-refractivity contribution in [1.82, 2.24) is 9.88 Å². The minimum atomic E-state index is 0.730. The maximum Gasteiger partial charge on any atom is 0.120 e. The van der Waals surface area contributed by atoms with E-state index in [1.165, 1.54) is 56.9 Å². The van der Waals surface area contributed by atoms with Crippen LogP contribution in [-0.4, -0.2) is 11.1 Å². The number of hydrogen-bond acceptors (Lipinski definition) is 2. The van der Waals surface area contributed by atoms with E-state index in [1.54, 1.807) is 0 Å². The molecular weight excluding hydrogens is 246 g/mol. The van der Waals surface area contributed by atoms with Gasteiger partial charge < -0.3 is 9.88 Å². The molecule has 3 heteroatoms. The van der Waals surface area contributed by atoms with E-state index >= 15 is 0 Å². The van der Waals surface area contributed by atoms with Crippen molar-refractivity contribution in [3.05, 3.63) is 23.5 Å². The lowest BCUT2D eigenvalue weighted by Gasteiger charge is -2.03. The fourth-order valence-corrected chi connectivity index (χ4v) is 2.46. The van der Waals surface area contributed by atoms with Crippen molar-refractivity contribution in [2.75, 3.05) is 6.54 Å². The highest BCUT2D eigenvalue weighted by Gasteiger charge is 2.01. The number of aryl methyl sites for hydroxylation is 1. The summed E-state index contributed by atoms with van der Waals surface area (Å²) in [6, 6.07) is 4.15. The van der Waals surface area contributed by atoms with Crippen LogP contribution in [0.4, 0.5) is 0 Å². The molecule has 112 valence electrons. The van der Waals surface area contributed by atoms with E-state index < -0.39 is 0 Å². The Bertz CT molecular complexity index is 401. The first-order chi connectivity index (χ1) is 9.77. The Hall–Kier alpha value is -1.27. The summed E-state index contributed by atoms with van der Waals surface area (Å²) in [5, 5.41) is 12.3. The van der Waals surface area contributed by atoms with Crippen LogP contribution < -0.4 is 5.32 Å². The smallest absolute Gasteiger partial charge is 0.120 e. The van der Waals surface area contributed by atoms with E-state index in [9.17, 15) is 0 Å². The van der Waals surface area contributed by atoms with Crippen molar-refractivity contribution in [3.63, 3.8) is 0 Å². The van der Waals surface area contributed by atoms with Gasteiger partial charge in [-0.2, -0.15) is 5.26 Å². The lowest BCUT2D eigenvalue weighted by Crippen LogP contribution is -2.14. The van der Waals surface area contributed by atoms with Crippen LogP contribution >= 0.6 is 0 Å². The molecule has 1 N–H and O–H groups in total. The van der Waals surface area contributed by atoms with E-state index in [1.807, 2.05) is 23.9 Å². The average molecular weight is 275 g/mol. The number of nitrogens with one attached hydrogen (secondary N) is 1. The fraction of sp³-hybridized carbons (Fsp3) is 0.706. The number of unbranched alkanes of at least 4 members (excludes halogenated alkanes) is 7. The second kappa shape index (κ2) is 10.5. The highest BCUT2D eigenvalue weighted by atomic mass is 14.9. The molecule has 20 heavy (non-hydrogen) atoms. The Morgan fingerprint density at radius 2 is 1.75 bits per heavy atom. The second-order valence-electron chi connectivity index (χ2n) is 5.61. The highest BCUT2D eigenvalue weighted by molar-refractivity contribution is 5.28. The van der Waals surface area contributed by atoms with Crippen molar-refractivity contribution in [1.29, 1.82) is 5.26 Å². The van der Waals surface area contributed by atoms with Crippen LogP contribution in [0.1, 0.15) is 69.5 Å². The van der Waals surface area contributed by atoms with Crippen LogP contribution in [0.3, 0.4) is 0 Å². The monoisotopic (exact) mass is 275 g/mol. The van der Waals surface area contributed by atoms with Gasteiger partial charge in [0.1, 0.15) is 11.8 Å². The van der Waals surface area contributed by atoms with Crippen molar-refractivity contribution in [2.45, 2.75) is 64.8 Å². The molecule has 0 aliphatic heterocycles. The van der Waals surface area contributed by atoms with Crippen LogP contribution in [0.5, 0.6) is 0 Å². The molecule has 0 aromatic carbocycles. The molecular formula is C17H29N3. The Morgan fingerprint density at radius 3 is 2.35 bits per heavy atom. The predicted octanol–water partition coefficient (Wildman–Crippen LogP) is 4.13. The first-order valence-corrected chi connectivity index (χ1v) is 8.04. The molecule has 3 nitrogen and oxygen atoms in total. The summed E-state index contributed by atoms with van der Waals surface area (Å²) in [6.07, 6.45) is 12.9. The van der Waals surface area contributed by atoms with Crippen molar-refractivity contribution >= 4 is 0 Å². The molecule has 0 radical (unpaired) electrons. The predicted molar refractivity (Wildman–Crippen MR) is 84.4 cm³/mol. The third-order valence-corrected chi connectivity index (χ3v) is 3.71. The van der Waals surface area contributed by atoms with Gasteiger partial charge in [-0.05, 0) is 24.6 Å². The molecule has 1 aromatic heterocycles. The van der Waals surface area contributed by atoms with E-state index in [0.717, 1.165) is 18.8 Å². The maximum atomic E-state index is 8.89. The summed E-state index contributed by atoms with van der Waals surface area (Å²) in [5.41, 5.74) is 1.93. The van der Waals surface area contributed by atoms with Gasteiger partial charge in [-0.1, -0.05) is 51.9 Å². The first kappa shape index (κ1) is 16.8. The lowest BCUT2D eigenvalue weighted by atomic mass is 10.1. The van der Waals surface area contributed by atoms with Crippen LogP contribution in [0.2, 0.25) is 0 Å². The molecule has 0 unspecified atom stereocenters. The first-order valence-electron chi connectivity index (χ1n) is 8.04. The lowest BCUT2D eigenvalue weighted by molar-refractivity contribution is 0.555. The van der Waals surface area contributed by atoms with Gasteiger partial charge in [0.25, 0.3) is 0 Å². The summed E-state index contributed by atoms with van der Waals surface area (Å²) < 4.78 is 1.88. The Morgan fingerprint density at radius 1 is 1.10 bits per heavy atom. The van der Waals surface area contributed by atoms with Gasteiger partial charge >= 0.3 is 0 Å². The molecule has 0 aliphatic carbocycles. The van der Waals surface area contributed by atoms with Crippen LogP contribution in [0.25, 0.3) is 0 Å². The zero-order chi connectivity index (χ0) is 14.6. The maximum absolute atomic E-state index is 8.89. The van der Waals surface area contributed by atoms with Crippen LogP contribution in [0, 0.1) is 11.3 Å². The van der Waals surface area contributed by atoms with Gasteiger partial charge in [0.05, 0.1) is 0 Å². The molecule has 0 aliphatic rings. The van der Waals surface area contributed by atoms with Crippen molar-refractivity contribution in [3.8, 4) is 6.07 Å². The summed E-state index contributed by atoms with van der Waals surface area (Å²) in [6.45, 7) is 4.20. The van der Waals surface area contributed by atoms with Crippen molar-refractivity contribution in [2.24, 2.45) is 7.05 Å². The SMILES string of the molecule is CCCCCCCCCCNCc1cc(C#N)n(C)c1. The minimum absolute atomic E-state index is 0.730. The van der Waals surface area contributed by atoms with E-state index in [4.69, 9.17) is 5.26 Å². The van der Waals surface area contributed by atoms with Crippen LogP contribution in [-0.2, 0) is 13.6 Å². The zero-order valence-electron chi connectivity index (χ0n) is 13.1. The second-order valence-corrected chi connectivity index (χ2v) is 5.61. The van der Waals surface area contributed by atoms with Gasteiger partial charge in [0.2, 0.25) is 0 Å². The summed E-state index contributed by atoms with van der Waals surface area (Å²) in [5.74, 6) is 0. The Kier molecular flexibility index (Phi) is 8.82. The summed E-state index contributed by atoms with van der Waals surface area (Å²) in [4.78, 5) is 0. The molecule has 0 saturated carbocycles. The zero-order valence-corrected chi connectivity index (χ0v) is 13.1. The van der Waals surface area contributed by atoms with Gasteiger partial charge in [-0.3, -0.25) is 0 Å². The Labute approximate surface area is 124 Å². The molecule has 0 atom stereocenters. The third-order valence-electron chi connectivity index (χ3n) is 3.71. The van der Waals surface area contributed by atoms with Crippen LogP contribution in [0.15, 0.2) is 12.3 Å².